The van der Waals surface area contributed by atoms with Crippen molar-refractivity contribution in [3.05, 3.63) is 33.3 Å². The first-order valence-corrected chi connectivity index (χ1v) is 8.33. The van der Waals surface area contributed by atoms with Gasteiger partial charge in [-0.1, -0.05) is 27.5 Å². The molecule has 1 heterocycles. The summed E-state index contributed by atoms with van der Waals surface area (Å²) in [5.41, 5.74) is 0.394. The van der Waals surface area contributed by atoms with Crippen LogP contribution in [0.1, 0.15) is 10.4 Å². The SMILES string of the molecule is O=C(c1cc(Br)ccc1Cl)N1CCS(=O)(=O)CC1. The first kappa shape index (κ1) is 13.8. The predicted molar refractivity (Wildman–Crippen MR) is 73.7 cm³/mol. The lowest BCUT2D eigenvalue weighted by Gasteiger charge is -2.27. The maximum atomic E-state index is 12.2. The van der Waals surface area contributed by atoms with Crippen LogP contribution in [-0.4, -0.2) is 43.8 Å². The fraction of sp³-hybridized carbons (Fsp3) is 0.364. The molecule has 0 N–H and O–H groups in total. The van der Waals surface area contributed by atoms with E-state index in [1.807, 2.05) is 0 Å². The number of hydrogen-bond acceptors (Lipinski definition) is 3. The average molecular weight is 353 g/mol. The van der Waals surface area contributed by atoms with Crippen LogP contribution in [0, 0.1) is 0 Å². The lowest BCUT2D eigenvalue weighted by atomic mass is 10.2. The largest absolute Gasteiger partial charge is 0.337 e. The Morgan fingerprint density at radius 1 is 1.28 bits per heavy atom. The highest BCUT2D eigenvalue weighted by molar-refractivity contribution is 9.10. The Balaban J connectivity index is 2.20. The summed E-state index contributed by atoms with van der Waals surface area (Å²) in [6, 6.07) is 5.03. The second-order valence-electron chi connectivity index (χ2n) is 4.07. The zero-order valence-corrected chi connectivity index (χ0v) is 12.6. The molecule has 7 heteroatoms. The molecule has 1 aromatic rings. The Labute approximate surface area is 119 Å². The Kier molecular flexibility index (Phi) is 3.99. The minimum atomic E-state index is -2.99. The number of rotatable bonds is 1. The van der Waals surface area contributed by atoms with Gasteiger partial charge in [0.25, 0.3) is 5.91 Å². The summed E-state index contributed by atoms with van der Waals surface area (Å²) in [5, 5.41) is 0.372. The molecule has 0 atom stereocenters. The molecule has 0 spiro atoms. The van der Waals surface area contributed by atoms with Gasteiger partial charge in [0.1, 0.15) is 0 Å². The normalized spacial score (nSPS) is 18.7. The van der Waals surface area contributed by atoms with Crippen LogP contribution in [0.4, 0.5) is 0 Å². The molecule has 18 heavy (non-hydrogen) atoms. The van der Waals surface area contributed by atoms with Gasteiger partial charge in [-0.25, -0.2) is 8.42 Å². The molecule has 0 unspecified atom stereocenters. The zero-order chi connectivity index (χ0) is 13.3. The van der Waals surface area contributed by atoms with E-state index in [0.29, 0.717) is 10.6 Å². The van der Waals surface area contributed by atoms with Crippen molar-refractivity contribution < 1.29 is 13.2 Å². The molecule has 0 aromatic heterocycles. The number of nitrogens with zero attached hydrogens (tertiary/aromatic N) is 1. The molecular weight excluding hydrogens is 342 g/mol. The highest BCUT2D eigenvalue weighted by atomic mass is 79.9. The van der Waals surface area contributed by atoms with Crippen molar-refractivity contribution in [1.29, 1.82) is 0 Å². The van der Waals surface area contributed by atoms with E-state index >= 15 is 0 Å². The van der Waals surface area contributed by atoms with Crippen molar-refractivity contribution >= 4 is 43.3 Å². The summed E-state index contributed by atoms with van der Waals surface area (Å²) in [6.45, 7) is 0.452. The van der Waals surface area contributed by atoms with Crippen LogP contribution >= 0.6 is 27.5 Å². The molecule has 98 valence electrons. The van der Waals surface area contributed by atoms with Crippen molar-refractivity contribution in [2.45, 2.75) is 0 Å². The highest BCUT2D eigenvalue weighted by Gasteiger charge is 2.26. The number of carbonyl (C=O) groups excluding carboxylic acids is 1. The van der Waals surface area contributed by atoms with E-state index in [1.54, 1.807) is 18.2 Å². The Bertz CT molecular complexity index is 574. The second-order valence-corrected chi connectivity index (χ2v) is 7.69. The first-order valence-electron chi connectivity index (χ1n) is 5.34. The zero-order valence-electron chi connectivity index (χ0n) is 9.40. The van der Waals surface area contributed by atoms with Gasteiger partial charge in [0.2, 0.25) is 0 Å². The van der Waals surface area contributed by atoms with Gasteiger partial charge < -0.3 is 4.90 Å². The summed E-state index contributed by atoms with van der Waals surface area (Å²) in [4.78, 5) is 13.7. The average Bonchev–Trinajstić information content (AvgIpc) is 2.31. The third-order valence-electron chi connectivity index (χ3n) is 2.79. The monoisotopic (exact) mass is 351 g/mol. The second kappa shape index (κ2) is 5.19. The first-order chi connectivity index (χ1) is 8.39. The number of carbonyl (C=O) groups is 1. The fourth-order valence-corrected chi connectivity index (χ4v) is 3.51. The summed E-state index contributed by atoms with van der Waals surface area (Å²) < 4.78 is 23.4. The summed E-state index contributed by atoms with van der Waals surface area (Å²) in [6.07, 6.45) is 0. The Hall–Kier alpha value is -0.590. The van der Waals surface area contributed by atoms with Crippen LogP contribution in [0.5, 0.6) is 0 Å². The lowest BCUT2D eigenvalue weighted by molar-refractivity contribution is 0.0770. The van der Waals surface area contributed by atoms with Crippen molar-refractivity contribution in [2.75, 3.05) is 24.6 Å². The summed E-state index contributed by atoms with van der Waals surface area (Å²) in [5.74, 6) is -0.189. The minimum Gasteiger partial charge on any atom is -0.337 e. The van der Waals surface area contributed by atoms with Crippen LogP contribution < -0.4 is 0 Å². The molecule has 0 bridgehead atoms. The van der Waals surface area contributed by atoms with Gasteiger partial charge in [0.15, 0.2) is 9.84 Å². The van der Waals surface area contributed by atoms with E-state index in [9.17, 15) is 13.2 Å². The topological polar surface area (TPSA) is 54.5 Å². The maximum absolute atomic E-state index is 12.2. The van der Waals surface area contributed by atoms with Crippen molar-refractivity contribution in [1.82, 2.24) is 4.90 Å². The lowest BCUT2D eigenvalue weighted by Crippen LogP contribution is -2.43. The van der Waals surface area contributed by atoms with Gasteiger partial charge in [-0.05, 0) is 18.2 Å². The maximum Gasteiger partial charge on any atom is 0.255 e. The van der Waals surface area contributed by atoms with E-state index in [4.69, 9.17) is 11.6 Å². The molecule has 1 aromatic carbocycles. The van der Waals surface area contributed by atoms with Crippen molar-refractivity contribution in [2.24, 2.45) is 0 Å². The number of sulfone groups is 1. The fourth-order valence-electron chi connectivity index (χ4n) is 1.75. The van der Waals surface area contributed by atoms with Crippen molar-refractivity contribution in [3.63, 3.8) is 0 Å². The van der Waals surface area contributed by atoms with Gasteiger partial charge in [-0.15, -0.1) is 0 Å². The van der Waals surface area contributed by atoms with E-state index < -0.39 is 9.84 Å². The Morgan fingerprint density at radius 3 is 2.50 bits per heavy atom. The van der Waals surface area contributed by atoms with Crippen LogP contribution in [0.15, 0.2) is 22.7 Å². The number of benzene rings is 1. The molecular formula is C11H11BrClNO3S. The smallest absolute Gasteiger partial charge is 0.255 e. The van der Waals surface area contributed by atoms with Crippen LogP contribution in [0.2, 0.25) is 5.02 Å². The Morgan fingerprint density at radius 2 is 1.89 bits per heavy atom. The number of halogens is 2. The molecule has 1 aliphatic rings. The molecule has 2 rings (SSSR count). The molecule has 4 nitrogen and oxygen atoms in total. The molecule has 0 radical (unpaired) electrons. The minimum absolute atomic E-state index is 0.0182. The third-order valence-corrected chi connectivity index (χ3v) is 5.22. The van der Waals surface area contributed by atoms with Crippen LogP contribution in [0.3, 0.4) is 0 Å². The predicted octanol–water partition coefficient (Wildman–Crippen LogP) is 1.97. The van der Waals surface area contributed by atoms with Gasteiger partial charge in [0.05, 0.1) is 22.1 Å². The van der Waals surface area contributed by atoms with E-state index in [2.05, 4.69) is 15.9 Å². The number of amides is 1. The van der Waals surface area contributed by atoms with Gasteiger partial charge in [-0.2, -0.15) is 0 Å². The van der Waals surface area contributed by atoms with E-state index in [0.717, 1.165) is 4.47 Å². The van der Waals surface area contributed by atoms with E-state index in [1.165, 1.54) is 4.90 Å². The van der Waals surface area contributed by atoms with Gasteiger partial charge in [0, 0.05) is 17.6 Å². The molecule has 1 saturated heterocycles. The van der Waals surface area contributed by atoms with E-state index in [-0.39, 0.29) is 30.5 Å². The summed E-state index contributed by atoms with van der Waals surface area (Å²) in [7, 11) is -2.99. The summed E-state index contributed by atoms with van der Waals surface area (Å²) >= 11 is 9.26. The number of hydrogen-bond donors (Lipinski definition) is 0. The molecule has 1 fully saturated rings. The quantitative estimate of drug-likeness (QED) is 0.776. The van der Waals surface area contributed by atoms with Gasteiger partial charge >= 0.3 is 0 Å². The molecule has 1 amide bonds. The van der Waals surface area contributed by atoms with Crippen LogP contribution in [-0.2, 0) is 9.84 Å². The van der Waals surface area contributed by atoms with Crippen LogP contribution in [0.25, 0.3) is 0 Å². The molecule has 0 aliphatic carbocycles. The standard InChI is InChI=1S/C11H11BrClNO3S/c12-8-1-2-10(13)9(7-8)11(15)14-3-5-18(16,17)6-4-14/h1-2,7H,3-6H2. The van der Waals surface area contributed by atoms with Gasteiger partial charge in [-0.3, -0.25) is 4.79 Å². The third kappa shape index (κ3) is 3.05. The molecule has 1 aliphatic heterocycles. The van der Waals surface area contributed by atoms with Crippen molar-refractivity contribution in [3.8, 4) is 0 Å². The highest BCUT2D eigenvalue weighted by Crippen LogP contribution is 2.23. The molecule has 0 saturated carbocycles.